The molecule has 2 heterocycles. The van der Waals surface area contributed by atoms with Gasteiger partial charge in [0.1, 0.15) is 5.58 Å². The first kappa shape index (κ1) is 21.4. The van der Waals surface area contributed by atoms with E-state index in [2.05, 4.69) is 59.2 Å². The van der Waals surface area contributed by atoms with Gasteiger partial charge in [0.15, 0.2) is 0 Å². The minimum Gasteiger partial charge on any atom is -0.423 e. The van der Waals surface area contributed by atoms with Crippen molar-refractivity contribution in [1.82, 2.24) is 9.80 Å². The fourth-order valence-corrected chi connectivity index (χ4v) is 5.10. The Hall–Kier alpha value is -2.47. The molecule has 1 atom stereocenters. The molecule has 5 rings (SSSR count). The number of aryl methyl sites for hydroxylation is 2. The first-order valence-electron chi connectivity index (χ1n) is 11.8. The van der Waals surface area contributed by atoms with Crippen LogP contribution in [-0.4, -0.2) is 48.7 Å². The Balaban J connectivity index is 1.46. The van der Waals surface area contributed by atoms with Crippen LogP contribution in [0.1, 0.15) is 35.6 Å². The molecule has 0 saturated carbocycles. The largest absolute Gasteiger partial charge is 0.423 e. The number of fused-ring (bicyclic) bond motifs is 2. The molecule has 5 heteroatoms. The summed E-state index contributed by atoms with van der Waals surface area (Å²) in [6, 6.07) is 17.0. The van der Waals surface area contributed by atoms with Crippen LogP contribution in [0.2, 0.25) is 0 Å². The summed E-state index contributed by atoms with van der Waals surface area (Å²) in [5.41, 5.74) is 5.56. The summed E-state index contributed by atoms with van der Waals surface area (Å²) in [7, 11) is 0. The molecule has 3 aromatic rings. The summed E-state index contributed by atoms with van der Waals surface area (Å²) in [4.78, 5) is 17.4. The fourth-order valence-electron chi connectivity index (χ4n) is 5.10. The zero-order valence-electron chi connectivity index (χ0n) is 18.9. The normalized spacial score (nSPS) is 17.7. The molecule has 1 unspecified atom stereocenters. The summed E-state index contributed by atoms with van der Waals surface area (Å²) in [5.74, 6) is 0. The van der Waals surface area contributed by atoms with Gasteiger partial charge >= 0.3 is 5.63 Å². The maximum absolute atomic E-state index is 12.4. The minimum absolute atomic E-state index is 0.258. The maximum atomic E-state index is 12.4. The molecule has 0 spiro atoms. The van der Waals surface area contributed by atoms with Crippen molar-refractivity contribution in [1.29, 1.82) is 0 Å². The Kier molecular flexibility index (Phi) is 6.39. The third-order valence-electron chi connectivity index (χ3n) is 6.89. The minimum atomic E-state index is -0.258. The Bertz CT molecular complexity index is 1120. The van der Waals surface area contributed by atoms with Gasteiger partial charge in [-0.05, 0) is 60.6 Å². The fraction of sp³-hybridized carbons (Fsp3) is 0.444. The van der Waals surface area contributed by atoms with Gasteiger partial charge in [-0.3, -0.25) is 9.80 Å². The summed E-state index contributed by atoms with van der Waals surface area (Å²) < 4.78 is 11.1. The van der Waals surface area contributed by atoms with E-state index in [4.69, 9.17) is 9.15 Å². The van der Waals surface area contributed by atoms with Crippen LogP contribution in [0.5, 0.6) is 0 Å². The first-order valence-corrected chi connectivity index (χ1v) is 11.8. The molecule has 1 saturated heterocycles. The van der Waals surface area contributed by atoms with Gasteiger partial charge in [-0.25, -0.2) is 4.79 Å². The molecule has 1 fully saturated rings. The number of rotatable bonds is 7. The zero-order valence-corrected chi connectivity index (χ0v) is 18.9. The number of hydrogen-bond donors (Lipinski definition) is 0. The second-order valence-corrected chi connectivity index (χ2v) is 9.21. The molecule has 1 aliphatic carbocycles. The highest BCUT2D eigenvalue weighted by Gasteiger charge is 2.22. The molecule has 0 bridgehead atoms. The average molecular weight is 433 g/mol. The van der Waals surface area contributed by atoms with Crippen molar-refractivity contribution < 1.29 is 9.15 Å². The second kappa shape index (κ2) is 9.57. The lowest BCUT2D eigenvalue weighted by atomic mass is 10.0. The van der Waals surface area contributed by atoms with Gasteiger partial charge in [-0.2, -0.15) is 0 Å². The standard InChI is InChI=1S/C27H32N2O3/c1-20(17-28-10-12-31-13-11-28)29(18-21-6-3-2-4-7-21)19-24-16-27(30)32-26-15-23-9-5-8-22(23)14-25(24)26/h2-4,6-7,14-16,20H,5,8-13,17-19H2,1H3. The van der Waals surface area contributed by atoms with Crippen LogP contribution < -0.4 is 5.63 Å². The van der Waals surface area contributed by atoms with Crippen LogP contribution in [0.25, 0.3) is 11.0 Å². The van der Waals surface area contributed by atoms with Gasteiger partial charge in [-0.15, -0.1) is 0 Å². The number of nitrogens with zero attached hydrogens (tertiary/aromatic N) is 2. The van der Waals surface area contributed by atoms with Crippen molar-refractivity contribution in [3.63, 3.8) is 0 Å². The molecule has 32 heavy (non-hydrogen) atoms. The molecule has 0 N–H and O–H groups in total. The molecule has 0 radical (unpaired) electrons. The van der Waals surface area contributed by atoms with E-state index >= 15 is 0 Å². The highest BCUT2D eigenvalue weighted by molar-refractivity contribution is 5.82. The van der Waals surface area contributed by atoms with E-state index in [1.165, 1.54) is 23.1 Å². The molecule has 168 valence electrons. The Morgan fingerprint density at radius 3 is 2.53 bits per heavy atom. The van der Waals surface area contributed by atoms with Crippen molar-refractivity contribution in [3.05, 3.63) is 81.2 Å². The smallest absolute Gasteiger partial charge is 0.336 e. The van der Waals surface area contributed by atoms with Crippen molar-refractivity contribution in [2.24, 2.45) is 0 Å². The van der Waals surface area contributed by atoms with Crippen LogP contribution in [0.4, 0.5) is 0 Å². The number of ether oxygens (including phenoxy) is 1. The summed E-state index contributed by atoms with van der Waals surface area (Å²) in [6.45, 7) is 8.43. The third-order valence-corrected chi connectivity index (χ3v) is 6.89. The lowest BCUT2D eigenvalue weighted by Gasteiger charge is -2.35. The third kappa shape index (κ3) is 4.80. The highest BCUT2D eigenvalue weighted by atomic mass is 16.5. The molecule has 0 amide bonds. The second-order valence-electron chi connectivity index (χ2n) is 9.21. The van der Waals surface area contributed by atoms with Gasteiger partial charge in [-0.1, -0.05) is 30.3 Å². The molecule has 1 aromatic heterocycles. The van der Waals surface area contributed by atoms with Crippen molar-refractivity contribution in [3.8, 4) is 0 Å². The molecule has 1 aliphatic heterocycles. The molecule has 2 aliphatic rings. The van der Waals surface area contributed by atoms with Crippen molar-refractivity contribution in [2.75, 3.05) is 32.8 Å². The van der Waals surface area contributed by atoms with E-state index in [1.54, 1.807) is 6.07 Å². The van der Waals surface area contributed by atoms with Gasteiger partial charge in [0.05, 0.1) is 13.2 Å². The summed E-state index contributed by atoms with van der Waals surface area (Å²) in [6.07, 6.45) is 3.38. The maximum Gasteiger partial charge on any atom is 0.336 e. The van der Waals surface area contributed by atoms with Crippen LogP contribution in [-0.2, 0) is 30.7 Å². The lowest BCUT2D eigenvalue weighted by molar-refractivity contribution is 0.0226. The first-order chi connectivity index (χ1) is 15.7. The predicted octanol–water partition coefficient (Wildman–Crippen LogP) is 4.00. The monoisotopic (exact) mass is 432 g/mol. The van der Waals surface area contributed by atoms with Crippen molar-refractivity contribution >= 4 is 11.0 Å². The van der Waals surface area contributed by atoms with Crippen LogP contribution in [0.15, 0.2) is 57.7 Å². The Morgan fingerprint density at radius 2 is 1.75 bits per heavy atom. The molecule has 2 aromatic carbocycles. The highest BCUT2D eigenvalue weighted by Crippen LogP contribution is 2.29. The van der Waals surface area contributed by atoms with E-state index in [0.717, 1.165) is 75.3 Å². The number of benzene rings is 2. The van der Waals surface area contributed by atoms with E-state index < -0.39 is 0 Å². The Labute approximate surface area is 189 Å². The van der Waals surface area contributed by atoms with Gasteiger partial charge in [0.25, 0.3) is 0 Å². The predicted molar refractivity (Wildman–Crippen MR) is 127 cm³/mol. The summed E-state index contributed by atoms with van der Waals surface area (Å²) in [5, 5.41) is 1.09. The summed E-state index contributed by atoms with van der Waals surface area (Å²) >= 11 is 0. The quantitative estimate of drug-likeness (QED) is 0.528. The average Bonchev–Trinajstić information content (AvgIpc) is 3.26. The van der Waals surface area contributed by atoms with E-state index in [0.29, 0.717) is 6.04 Å². The number of morpholine rings is 1. The van der Waals surface area contributed by atoms with Gasteiger partial charge in [0.2, 0.25) is 0 Å². The van der Waals surface area contributed by atoms with E-state index in [-0.39, 0.29) is 5.63 Å². The topological polar surface area (TPSA) is 45.9 Å². The zero-order chi connectivity index (χ0) is 21.9. The van der Waals surface area contributed by atoms with E-state index in [1.807, 2.05) is 0 Å². The van der Waals surface area contributed by atoms with Crippen LogP contribution in [0, 0.1) is 0 Å². The number of hydrogen-bond acceptors (Lipinski definition) is 5. The lowest BCUT2D eigenvalue weighted by Crippen LogP contribution is -2.45. The van der Waals surface area contributed by atoms with Crippen molar-refractivity contribution in [2.45, 2.75) is 45.3 Å². The van der Waals surface area contributed by atoms with Gasteiger partial charge in [0, 0.05) is 50.2 Å². The van der Waals surface area contributed by atoms with Gasteiger partial charge < -0.3 is 9.15 Å². The van der Waals surface area contributed by atoms with Crippen LogP contribution in [0.3, 0.4) is 0 Å². The van der Waals surface area contributed by atoms with E-state index in [9.17, 15) is 4.79 Å². The Morgan fingerprint density at radius 1 is 1.00 bits per heavy atom. The van der Waals surface area contributed by atoms with Crippen LogP contribution >= 0.6 is 0 Å². The SMILES string of the molecule is CC(CN1CCOCC1)N(Cc1ccccc1)Cc1cc(=O)oc2cc3c(cc12)CCC3. The molecular weight excluding hydrogens is 400 g/mol. The molecule has 5 nitrogen and oxygen atoms in total. The molecular formula is C27H32N2O3.